The van der Waals surface area contributed by atoms with Crippen LogP contribution in [0.5, 0.6) is 0 Å². The molecule has 0 aliphatic heterocycles. The minimum Gasteiger partial charge on any atom is -0.465 e. The van der Waals surface area contributed by atoms with Crippen molar-refractivity contribution in [3.05, 3.63) is 53.3 Å². The number of ether oxygens (including phenoxy) is 1. The lowest BCUT2D eigenvalue weighted by molar-refractivity contribution is 0.0602. The first-order valence-corrected chi connectivity index (χ1v) is 5.81. The number of benzene rings is 2. The molecule has 2 aromatic rings. The monoisotopic (exact) mass is 296 g/mol. The predicted molar refractivity (Wildman–Crippen MR) is 71.8 cm³/mol. The van der Waals surface area contributed by atoms with Crippen molar-refractivity contribution in [3.8, 4) is 0 Å². The summed E-state index contributed by atoms with van der Waals surface area (Å²) in [4.78, 5) is 11.5. The molecule has 4 nitrogen and oxygen atoms in total. The second kappa shape index (κ2) is 5.74. The lowest BCUT2D eigenvalue weighted by Gasteiger charge is -2.11. The van der Waals surface area contributed by atoms with Gasteiger partial charge in [-0.05, 0) is 24.3 Å². The standard InChI is InChI=1S/C14H11F3N2O2/c1-21-14(20)10-5-13(11(17)6-12(10)18)19-9-3-7(15)2-8(16)4-9/h2-6,19H,18H2,1H3. The summed E-state index contributed by atoms with van der Waals surface area (Å²) < 4.78 is 44.5. The lowest BCUT2D eigenvalue weighted by atomic mass is 10.1. The minimum atomic E-state index is -0.818. The van der Waals surface area contributed by atoms with Gasteiger partial charge >= 0.3 is 5.97 Å². The predicted octanol–water partition coefficient (Wildman–Crippen LogP) is 3.22. The molecule has 110 valence electrons. The quantitative estimate of drug-likeness (QED) is 0.674. The summed E-state index contributed by atoms with van der Waals surface area (Å²) in [7, 11) is 1.15. The van der Waals surface area contributed by atoms with Gasteiger partial charge < -0.3 is 15.8 Å². The molecule has 0 bridgehead atoms. The number of nitrogens with one attached hydrogen (secondary N) is 1. The van der Waals surface area contributed by atoms with E-state index in [1.807, 2.05) is 0 Å². The van der Waals surface area contributed by atoms with Crippen LogP contribution in [0.15, 0.2) is 30.3 Å². The Kier molecular flexibility index (Phi) is 4.02. The Bertz CT molecular complexity index is 685. The van der Waals surface area contributed by atoms with E-state index in [9.17, 15) is 18.0 Å². The highest BCUT2D eigenvalue weighted by molar-refractivity contribution is 5.96. The number of hydrogen-bond acceptors (Lipinski definition) is 4. The fraction of sp³-hybridized carbons (Fsp3) is 0.0714. The third-order valence-electron chi connectivity index (χ3n) is 2.69. The molecule has 0 saturated heterocycles. The van der Waals surface area contributed by atoms with Gasteiger partial charge in [0.05, 0.1) is 18.4 Å². The van der Waals surface area contributed by atoms with Crippen molar-refractivity contribution in [1.29, 1.82) is 0 Å². The van der Waals surface area contributed by atoms with Gasteiger partial charge in [-0.2, -0.15) is 0 Å². The van der Waals surface area contributed by atoms with Crippen LogP contribution >= 0.6 is 0 Å². The van der Waals surface area contributed by atoms with E-state index in [2.05, 4.69) is 10.1 Å². The van der Waals surface area contributed by atoms with Gasteiger partial charge in [0, 0.05) is 17.4 Å². The Labute approximate surface area is 118 Å². The smallest absolute Gasteiger partial charge is 0.340 e. The molecule has 7 heteroatoms. The highest BCUT2D eigenvalue weighted by Gasteiger charge is 2.15. The number of esters is 1. The first-order valence-electron chi connectivity index (χ1n) is 5.81. The molecule has 0 aliphatic rings. The van der Waals surface area contributed by atoms with Crippen LogP contribution in [-0.2, 0) is 4.74 Å². The first-order chi connectivity index (χ1) is 9.90. The van der Waals surface area contributed by atoms with Crippen molar-refractivity contribution in [2.24, 2.45) is 0 Å². The SMILES string of the molecule is COC(=O)c1cc(Nc2cc(F)cc(F)c2)c(F)cc1N. The number of methoxy groups -OCH3 is 1. The summed E-state index contributed by atoms with van der Waals surface area (Å²) in [5.74, 6) is -3.16. The molecule has 2 aromatic carbocycles. The minimum absolute atomic E-state index is 0.00742. The normalized spacial score (nSPS) is 10.3. The first kappa shape index (κ1) is 14.7. The fourth-order valence-corrected chi connectivity index (χ4v) is 1.75. The number of nitrogens with two attached hydrogens (primary N) is 1. The van der Waals surface area contributed by atoms with E-state index in [0.29, 0.717) is 6.07 Å². The van der Waals surface area contributed by atoms with E-state index >= 15 is 0 Å². The average Bonchev–Trinajstić information content (AvgIpc) is 2.40. The van der Waals surface area contributed by atoms with E-state index in [4.69, 9.17) is 5.73 Å². The van der Waals surface area contributed by atoms with Crippen LogP contribution in [-0.4, -0.2) is 13.1 Å². The van der Waals surface area contributed by atoms with E-state index in [1.165, 1.54) is 0 Å². The maximum atomic E-state index is 13.8. The van der Waals surface area contributed by atoms with Gasteiger partial charge in [-0.15, -0.1) is 0 Å². The van der Waals surface area contributed by atoms with Crippen LogP contribution in [0.25, 0.3) is 0 Å². The molecule has 0 spiro atoms. The highest BCUT2D eigenvalue weighted by Crippen LogP contribution is 2.26. The molecule has 0 radical (unpaired) electrons. The molecule has 2 rings (SSSR count). The molecular weight excluding hydrogens is 285 g/mol. The molecular formula is C14H11F3N2O2. The van der Waals surface area contributed by atoms with Crippen LogP contribution < -0.4 is 11.1 Å². The van der Waals surface area contributed by atoms with E-state index in [0.717, 1.165) is 31.4 Å². The largest absolute Gasteiger partial charge is 0.465 e. The molecule has 0 unspecified atom stereocenters. The molecule has 21 heavy (non-hydrogen) atoms. The number of carbonyl (C=O) groups excluding carboxylic acids is 1. The van der Waals surface area contributed by atoms with Gasteiger partial charge in [-0.25, -0.2) is 18.0 Å². The van der Waals surface area contributed by atoms with E-state index < -0.39 is 23.4 Å². The number of anilines is 3. The number of nitrogen functional groups attached to an aromatic ring is 1. The molecule has 0 heterocycles. The third-order valence-corrected chi connectivity index (χ3v) is 2.69. The zero-order valence-corrected chi connectivity index (χ0v) is 10.9. The van der Waals surface area contributed by atoms with E-state index in [1.54, 1.807) is 0 Å². The number of rotatable bonds is 3. The van der Waals surface area contributed by atoms with Gasteiger partial charge in [0.25, 0.3) is 0 Å². The number of hydrogen-bond donors (Lipinski definition) is 2. The van der Waals surface area contributed by atoms with Crippen molar-refractivity contribution < 1.29 is 22.7 Å². The van der Waals surface area contributed by atoms with Gasteiger partial charge in [-0.3, -0.25) is 0 Å². The Morgan fingerprint density at radius 3 is 2.29 bits per heavy atom. The third kappa shape index (κ3) is 3.25. The Morgan fingerprint density at radius 1 is 1.10 bits per heavy atom. The molecule has 0 saturated carbocycles. The zero-order chi connectivity index (χ0) is 15.6. The summed E-state index contributed by atoms with van der Waals surface area (Å²) in [5, 5.41) is 2.48. The van der Waals surface area contributed by atoms with Crippen LogP contribution in [0, 0.1) is 17.5 Å². The number of carbonyl (C=O) groups is 1. The van der Waals surface area contributed by atoms with Crippen LogP contribution in [0.2, 0.25) is 0 Å². The maximum absolute atomic E-state index is 13.8. The van der Waals surface area contributed by atoms with Crippen LogP contribution in [0.1, 0.15) is 10.4 Å². The second-order valence-electron chi connectivity index (χ2n) is 4.19. The average molecular weight is 296 g/mol. The van der Waals surface area contributed by atoms with Crippen molar-refractivity contribution in [3.63, 3.8) is 0 Å². The van der Waals surface area contributed by atoms with Gasteiger partial charge in [0.1, 0.15) is 17.5 Å². The summed E-state index contributed by atoms with van der Waals surface area (Å²) >= 11 is 0. The molecule has 0 amide bonds. The van der Waals surface area contributed by atoms with Crippen molar-refractivity contribution in [1.82, 2.24) is 0 Å². The molecule has 0 aromatic heterocycles. The summed E-state index contributed by atoms with van der Waals surface area (Å²) in [6.45, 7) is 0. The number of halogens is 3. The summed E-state index contributed by atoms with van der Waals surface area (Å²) in [6.07, 6.45) is 0. The van der Waals surface area contributed by atoms with Crippen LogP contribution in [0.4, 0.5) is 30.2 Å². The fourth-order valence-electron chi connectivity index (χ4n) is 1.75. The van der Waals surface area contributed by atoms with Crippen LogP contribution in [0.3, 0.4) is 0 Å². The maximum Gasteiger partial charge on any atom is 0.340 e. The molecule has 3 N–H and O–H groups in total. The Hall–Kier alpha value is -2.70. The van der Waals surface area contributed by atoms with E-state index in [-0.39, 0.29) is 22.6 Å². The molecule has 0 atom stereocenters. The summed E-state index contributed by atoms with van der Waals surface area (Å²) in [6, 6.07) is 4.68. The Balaban J connectivity index is 2.41. The van der Waals surface area contributed by atoms with Crippen molar-refractivity contribution >= 4 is 23.0 Å². The van der Waals surface area contributed by atoms with Gasteiger partial charge in [-0.1, -0.05) is 0 Å². The Morgan fingerprint density at radius 2 is 1.71 bits per heavy atom. The highest BCUT2D eigenvalue weighted by atomic mass is 19.1. The topological polar surface area (TPSA) is 64.3 Å². The molecule has 0 fully saturated rings. The van der Waals surface area contributed by atoms with Crippen molar-refractivity contribution in [2.75, 3.05) is 18.2 Å². The van der Waals surface area contributed by atoms with Crippen molar-refractivity contribution in [2.45, 2.75) is 0 Å². The second-order valence-corrected chi connectivity index (χ2v) is 4.19. The van der Waals surface area contributed by atoms with Gasteiger partial charge in [0.2, 0.25) is 0 Å². The zero-order valence-electron chi connectivity index (χ0n) is 10.9. The molecule has 0 aliphatic carbocycles. The summed E-state index contributed by atoms with van der Waals surface area (Å²) in [5.41, 5.74) is 5.20. The van der Waals surface area contributed by atoms with Gasteiger partial charge in [0.15, 0.2) is 0 Å². The lowest BCUT2D eigenvalue weighted by Crippen LogP contribution is -2.08.